The molecule has 1 aliphatic heterocycles. The average Bonchev–Trinajstić information content (AvgIpc) is 2.48. The molecular formula is C14H17BrN2O3. The SMILES string of the molecule is COC(=O)N1CCN(C(=O)c2cc(Br)ccc2C)CC1. The number of benzene rings is 1. The lowest BCUT2D eigenvalue weighted by molar-refractivity contribution is 0.0599. The fourth-order valence-electron chi connectivity index (χ4n) is 2.22. The van der Waals surface area contributed by atoms with Gasteiger partial charge in [0, 0.05) is 36.2 Å². The number of carbonyl (C=O) groups excluding carboxylic acids is 2. The van der Waals surface area contributed by atoms with Crippen molar-refractivity contribution in [1.29, 1.82) is 0 Å². The van der Waals surface area contributed by atoms with Crippen molar-refractivity contribution in [3.8, 4) is 0 Å². The Labute approximate surface area is 126 Å². The first-order chi connectivity index (χ1) is 9.52. The van der Waals surface area contributed by atoms with E-state index in [-0.39, 0.29) is 12.0 Å². The van der Waals surface area contributed by atoms with Gasteiger partial charge >= 0.3 is 6.09 Å². The Morgan fingerprint density at radius 3 is 2.35 bits per heavy atom. The van der Waals surface area contributed by atoms with Crippen LogP contribution in [0.5, 0.6) is 0 Å². The van der Waals surface area contributed by atoms with Crippen LogP contribution in [0.2, 0.25) is 0 Å². The monoisotopic (exact) mass is 340 g/mol. The minimum atomic E-state index is -0.337. The first kappa shape index (κ1) is 14.8. The highest BCUT2D eigenvalue weighted by atomic mass is 79.9. The lowest BCUT2D eigenvalue weighted by atomic mass is 10.1. The van der Waals surface area contributed by atoms with E-state index >= 15 is 0 Å². The van der Waals surface area contributed by atoms with Crippen molar-refractivity contribution in [3.63, 3.8) is 0 Å². The van der Waals surface area contributed by atoms with Gasteiger partial charge in [0.25, 0.3) is 5.91 Å². The van der Waals surface area contributed by atoms with E-state index in [4.69, 9.17) is 0 Å². The zero-order valence-corrected chi connectivity index (χ0v) is 13.1. The Morgan fingerprint density at radius 1 is 1.15 bits per heavy atom. The van der Waals surface area contributed by atoms with E-state index in [1.54, 1.807) is 9.80 Å². The molecular weight excluding hydrogens is 324 g/mol. The van der Waals surface area contributed by atoms with Crippen LogP contribution < -0.4 is 0 Å². The zero-order chi connectivity index (χ0) is 14.7. The lowest BCUT2D eigenvalue weighted by Gasteiger charge is -2.34. The Hall–Kier alpha value is -1.56. The van der Waals surface area contributed by atoms with Gasteiger partial charge in [-0.05, 0) is 24.6 Å². The second-order valence-electron chi connectivity index (χ2n) is 4.71. The number of carbonyl (C=O) groups is 2. The fourth-order valence-corrected chi connectivity index (χ4v) is 2.58. The van der Waals surface area contributed by atoms with E-state index in [9.17, 15) is 9.59 Å². The summed E-state index contributed by atoms with van der Waals surface area (Å²) in [4.78, 5) is 27.3. The van der Waals surface area contributed by atoms with Gasteiger partial charge in [-0.2, -0.15) is 0 Å². The molecule has 0 aromatic heterocycles. The molecule has 1 aromatic carbocycles. The molecule has 0 spiro atoms. The molecule has 1 aromatic rings. The van der Waals surface area contributed by atoms with E-state index in [2.05, 4.69) is 20.7 Å². The van der Waals surface area contributed by atoms with Gasteiger partial charge in [-0.1, -0.05) is 22.0 Å². The molecule has 2 amide bonds. The maximum Gasteiger partial charge on any atom is 0.409 e. The number of hydrogen-bond donors (Lipinski definition) is 0. The van der Waals surface area contributed by atoms with E-state index in [1.165, 1.54) is 7.11 Å². The van der Waals surface area contributed by atoms with E-state index in [1.807, 2.05) is 25.1 Å². The molecule has 0 N–H and O–H groups in total. The smallest absolute Gasteiger partial charge is 0.409 e. The summed E-state index contributed by atoms with van der Waals surface area (Å²) in [6, 6.07) is 5.67. The summed E-state index contributed by atoms with van der Waals surface area (Å²) < 4.78 is 5.57. The van der Waals surface area contributed by atoms with Crippen molar-refractivity contribution >= 4 is 27.9 Å². The van der Waals surface area contributed by atoms with Crippen LogP contribution >= 0.6 is 15.9 Å². The largest absolute Gasteiger partial charge is 0.453 e. The molecule has 0 atom stereocenters. The molecule has 1 heterocycles. The van der Waals surface area contributed by atoms with Gasteiger partial charge in [0.15, 0.2) is 0 Å². The molecule has 1 fully saturated rings. The van der Waals surface area contributed by atoms with Crippen LogP contribution in [0.15, 0.2) is 22.7 Å². The molecule has 6 heteroatoms. The Kier molecular flexibility index (Phi) is 4.65. The number of amides is 2. The fraction of sp³-hybridized carbons (Fsp3) is 0.429. The molecule has 20 heavy (non-hydrogen) atoms. The third-order valence-corrected chi connectivity index (χ3v) is 3.92. The van der Waals surface area contributed by atoms with Gasteiger partial charge in [-0.25, -0.2) is 4.79 Å². The van der Waals surface area contributed by atoms with Crippen molar-refractivity contribution in [3.05, 3.63) is 33.8 Å². The summed E-state index contributed by atoms with van der Waals surface area (Å²) in [6.45, 7) is 3.99. The molecule has 0 radical (unpaired) electrons. The summed E-state index contributed by atoms with van der Waals surface area (Å²) >= 11 is 3.39. The normalized spacial score (nSPS) is 15.2. The van der Waals surface area contributed by atoms with Crippen LogP contribution in [0.1, 0.15) is 15.9 Å². The van der Waals surface area contributed by atoms with Gasteiger partial charge in [0.1, 0.15) is 0 Å². The highest BCUT2D eigenvalue weighted by molar-refractivity contribution is 9.10. The molecule has 2 rings (SSSR count). The molecule has 1 aliphatic rings. The molecule has 108 valence electrons. The van der Waals surface area contributed by atoms with Crippen molar-refractivity contribution in [2.45, 2.75) is 6.92 Å². The van der Waals surface area contributed by atoms with Crippen molar-refractivity contribution < 1.29 is 14.3 Å². The summed E-state index contributed by atoms with van der Waals surface area (Å²) in [5.41, 5.74) is 1.65. The average molecular weight is 341 g/mol. The quantitative estimate of drug-likeness (QED) is 0.788. The number of hydrogen-bond acceptors (Lipinski definition) is 3. The third kappa shape index (κ3) is 3.12. The molecule has 0 aliphatic carbocycles. The molecule has 0 saturated carbocycles. The van der Waals surface area contributed by atoms with Gasteiger partial charge in [0.05, 0.1) is 7.11 Å². The number of rotatable bonds is 1. The van der Waals surface area contributed by atoms with Crippen LogP contribution in [0.3, 0.4) is 0 Å². The van der Waals surface area contributed by atoms with Gasteiger partial charge in [-0.15, -0.1) is 0 Å². The molecule has 1 saturated heterocycles. The minimum absolute atomic E-state index is 0.00770. The van der Waals surface area contributed by atoms with Gasteiger partial charge < -0.3 is 14.5 Å². The molecule has 0 unspecified atom stereocenters. The first-order valence-electron chi connectivity index (χ1n) is 6.41. The minimum Gasteiger partial charge on any atom is -0.453 e. The maximum absolute atomic E-state index is 12.5. The van der Waals surface area contributed by atoms with E-state index in [0.717, 1.165) is 10.0 Å². The maximum atomic E-state index is 12.5. The van der Waals surface area contributed by atoms with Gasteiger partial charge in [-0.3, -0.25) is 4.79 Å². The summed E-state index contributed by atoms with van der Waals surface area (Å²) in [5.74, 6) is 0.00770. The zero-order valence-electron chi connectivity index (χ0n) is 11.6. The van der Waals surface area contributed by atoms with Crippen molar-refractivity contribution in [2.75, 3.05) is 33.3 Å². The Morgan fingerprint density at radius 2 is 1.75 bits per heavy atom. The van der Waals surface area contributed by atoms with Crippen molar-refractivity contribution in [2.24, 2.45) is 0 Å². The number of ether oxygens (including phenoxy) is 1. The van der Waals surface area contributed by atoms with Crippen LogP contribution in [0, 0.1) is 6.92 Å². The topological polar surface area (TPSA) is 49.9 Å². The number of methoxy groups -OCH3 is 1. The number of piperazine rings is 1. The van der Waals surface area contributed by atoms with E-state index in [0.29, 0.717) is 31.7 Å². The Balaban J connectivity index is 2.05. The van der Waals surface area contributed by atoms with Crippen LogP contribution in [0.25, 0.3) is 0 Å². The summed E-state index contributed by atoms with van der Waals surface area (Å²) in [6.07, 6.45) is -0.337. The van der Waals surface area contributed by atoms with Crippen molar-refractivity contribution in [1.82, 2.24) is 9.80 Å². The molecule has 5 nitrogen and oxygen atoms in total. The number of aryl methyl sites for hydroxylation is 1. The van der Waals surface area contributed by atoms with Crippen LogP contribution in [-0.4, -0.2) is 55.1 Å². The van der Waals surface area contributed by atoms with E-state index < -0.39 is 0 Å². The van der Waals surface area contributed by atoms with Gasteiger partial charge in [0.2, 0.25) is 0 Å². The Bertz CT molecular complexity index is 525. The second-order valence-corrected chi connectivity index (χ2v) is 5.62. The molecule has 0 bridgehead atoms. The third-order valence-electron chi connectivity index (χ3n) is 3.43. The van der Waals surface area contributed by atoms with Crippen LogP contribution in [-0.2, 0) is 4.74 Å². The summed E-state index contributed by atoms with van der Waals surface area (Å²) in [5, 5.41) is 0. The standard InChI is InChI=1S/C14H17BrN2O3/c1-10-3-4-11(15)9-12(10)13(18)16-5-7-17(8-6-16)14(19)20-2/h3-4,9H,5-8H2,1-2H3. The summed E-state index contributed by atoms with van der Waals surface area (Å²) in [7, 11) is 1.37. The highest BCUT2D eigenvalue weighted by Gasteiger charge is 2.25. The predicted octanol–water partition coefficient (Wildman–Crippen LogP) is 2.28. The second kappa shape index (κ2) is 6.26. The first-order valence-corrected chi connectivity index (χ1v) is 7.20. The highest BCUT2D eigenvalue weighted by Crippen LogP contribution is 2.18. The predicted molar refractivity (Wildman–Crippen MR) is 78.8 cm³/mol. The number of halogens is 1. The number of nitrogens with zero attached hydrogens (tertiary/aromatic N) is 2. The lowest BCUT2D eigenvalue weighted by Crippen LogP contribution is -2.50. The van der Waals surface area contributed by atoms with Crippen LogP contribution in [0.4, 0.5) is 4.79 Å².